The molecule has 0 bridgehead atoms. The number of amides is 2. The minimum atomic E-state index is -0.284. The van der Waals surface area contributed by atoms with Gasteiger partial charge in [0, 0.05) is 44.3 Å². The number of likely N-dealkylation sites (tertiary alicyclic amines) is 1. The second kappa shape index (κ2) is 9.28. The molecule has 1 N–H and O–H groups in total. The van der Waals surface area contributed by atoms with Crippen LogP contribution < -0.4 is 19.7 Å². The van der Waals surface area contributed by atoms with Crippen LogP contribution in [0.15, 0.2) is 18.2 Å². The lowest BCUT2D eigenvalue weighted by molar-refractivity contribution is -0.134. The Balaban J connectivity index is 0.00000261. The molecule has 3 rings (SSSR count). The smallest absolute Gasteiger partial charge is 0.228 e. The van der Waals surface area contributed by atoms with Gasteiger partial charge in [-0.05, 0) is 25.9 Å². The highest BCUT2D eigenvalue weighted by molar-refractivity contribution is 6.00. The third kappa shape index (κ3) is 4.65. The standard InChI is InChI=1S/C19H27N3O4.ClH/c1-20-10-13-4-5-21(11-13)19(24)14-6-18(23)22(12-14)15-7-16(25-2)9-17(8-15)26-3;/h7-9,13-14,20H,4-6,10-12H2,1-3H3;1H. The van der Waals surface area contributed by atoms with Crippen molar-refractivity contribution in [2.24, 2.45) is 11.8 Å². The molecule has 2 fully saturated rings. The van der Waals surface area contributed by atoms with E-state index in [1.54, 1.807) is 37.3 Å². The normalized spacial score (nSPS) is 22.0. The van der Waals surface area contributed by atoms with Crippen LogP contribution in [0.1, 0.15) is 12.8 Å². The zero-order chi connectivity index (χ0) is 18.7. The van der Waals surface area contributed by atoms with Crippen LogP contribution in [0.25, 0.3) is 0 Å². The highest BCUT2D eigenvalue weighted by atomic mass is 35.5. The number of hydrogen-bond donors (Lipinski definition) is 1. The highest BCUT2D eigenvalue weighted by Gasteiger charge is 2.39. The molecule has 2 amide bonds. The van der Waals surface area contributed by atoms with E-state index in [0.717, 1.165) is 26.1 Å². The fraction of sp³-hybridized carbons (Fsp3) is 0.579. The van der Waals surface area contributed by atoms with Gasteiger partial charge in [0.15, 0.2) is 0 Å². The van der Waals surface area contributed by atoms with Gasteiger partial charge in [0.2, 0.25) is 11.8 Å². The highest BCUT2D eigenvalue weighted by Crippen LogP contribution is 2.33. The largest absolute Gasteiger partial charge is 0.497 e. The zero-order valence-electron chi connectivity index (χ0n) is 16.1. The van der Waals surface area contributed by atoms with Gasteiger partial charge in [0.1, 0.15) is 11.5 Å². The maximum absolute atomic E-state index is 12.8. The van der Waals surface area contributed by atoms with E-state index in [1.165, 1.54) is 0 Å². The van der Waals surface area contributed by atoms with E-state index in [2.05, 4.69) is 5.32 Å². The first-order valence-corrected chi connectivity index (χ1v) is 9.02. The number of anilines is 1. The molecule has 2 aliphatic heterocycles. The second-order valence-electron chi connectivity index (χ2n) is 6.97. The fourth-order valence-corrected chi connectivity index (χ4v) is 3.82. The van der Waals surface area contributed by atoms with Crippen molar-refractivity contribution < 1.29 is 19.1 Å². The molecule has 0 aliphatic carbocycles. The molecule has 2 atom stereocenters. The first-order valence-electron chi connectivity index (χ1n) is 9.02. The summed E-state index contributed by atoms with van der Waals surface area (Å²) in [7, 11) is 5.08. The van der Waals surface area contributed by atoms with Gasteiger partial charge in [-0.1, -0.05) is 0 Å². The van der Waals surface area contributed by atoms with E-state index < -0.39 is 0 Å². The van der Waals surface area contributed by atoms with E-state index in [-0.39, 0.29) is 36.6 Å². The average molecular weight is 398 g/mol. The average Bonchev–Trinajstić information content (AvgIpc) is 3.27. The number of methoxy groups -OCH3 is 2. The third-order valence-electron chi connectivity index (χ3n) is 5.21. The fourth-order valence-electron chi connectivity index (χ4n) is 3.82. The van der Waals surface area contributed by atoms with Gasteiger partial charge < -0.3 is 24.6 Å². The number of hydrogen-bond acceptors (Lipinski definition) is 5. The number of rotatable bonds is 6. The lowest BCUT2D eigenvalue weighted by atomic mass is 10.1. The molecule has 1 aromatic rings. The summed E-state index contributed by atoms with van der Waals surface area (Å²) in [6.45, 7) is 2.88. The van der Waals surface area contributed by atoms with Crippen LogP contribution in [-0.2, 0) is 9.59 Å². The molecule has 2 heterocycles. The van der Waals surface area contributed by atoms with Crippen molar-refractivity contribution in [2.75, 3.05) is 52.3 Å². The SMILES string of the molecule is CNCC1CCN(C(=O)C2CC(=O)N(c3cc(OC)cc(OC)c3)C2)C1.Cl. The van der Waals surface area contributed by atoms with E-state index in [0.29, 0.717) is 29.6 Å². The summed E-state index contributed by atoms with van der Waals surface area (Å²) in [5.74, 6) is 1.51. The van der Waals surface area contributed by atoms with Crippen molar-refractivity contribution in [2.45, 2.75) is 12.8 Å². The zero-order valence-corrected chi connectivity index (χ0v) is 16.9. The van der Waals surface area contributed by atoms with Gasteiger partial charge in [-0.3, -0.25) is 9.59 Å². The van der Waals surface area contributed by atoms with Gasteiger partial charge in [-0.25, -0.2) is 0 Å². The summed E-state index contributed by atoms with van der Waals surface area (Å²) in [6.07, 6.45) is 1.27. The predicted octanol–water partition coefficient (Wildman–Crippen LogP) is 1.55. The minimum Gasteiger partial charge on any atom is -0.497 e. The molecule has 0 radical (unpaired) electrons. The minimum absolute atomic E-state index is 0. The van der Waals surface area contributed by atoms with Crippen molar-refractivity contribution in [3.8, 4) is 11.5 Å². The Kier molecular flexibility index (Phi) is 7.33. The molecule has 2 unspecified atom stereocenters. The number of carbonyl (C=O) groups excluding carboxylic acids is 2. The predicted molar refractivity (Wildman–Crippen MR) is 106 cm³/mol. The first kappa shape index (κ1) is 21.3. The number of benzene rings is 1. The van der Waals surface area contributed by atoms with Crippen molar-refractivity contribution in [3.05, 3.63) is 18.2 Å². The quantitative estimate of drug-likeness (QED) is 0.788. The summed E-state index contributed by atoms with van der Waals surface area (Å²) in [5.41, 5.74) is 0.705. The topological polar surface area (TPSA) is 71.1 Å². The summed E-state index contributed by atoms with van der Waals surface area (Å²) in [4.78, 5) is 29.0. The molecule has 0 spiro atoms. The van der Waals surface area contributed by atoms with Crippen LogP contribution in [-0.4, -0.2) is 64.2 Å². The van der Waals surface area contributed by atoms with Crippen molar-refractivity contribution in [1.29, 1.82) is 0 Å². The summed E-state index contributed by atoms with van der Waals surface area (Å²) < 4.78 is 10.6. The van der Waals surface area contributed by atoms with Crippen LogP contribution in [0.5, 0.6) is 11.5 Å². The molecular weight excluding hydrogens is 370 g/mol. The van der Waals surface area contributed by atoms with Gasteiger partial charge >= 0.3 is 0 Å². The second-order valence-corrected chi connectivity index (χ2v) is 6.97. The molecule has 1 aromatic carbocycles. The Morgan fingerprint density at radius 2 is 1.85 bits per heavy atom. The van der Waals surface area contributed by atoms with E-state index >= 15 is 0 Å². The molecule has 7 nitrogen and oxygen atoms in total. The first-order chi connectivity index (χ1) is 12.5. The van der Waals surface area contributed by atoms with Gasteiger partial charge in [0.05, 0.1) is 25.8 Å². The molecule has 0 aromatic heterocycles. The molecule has 0 saturated carbocycles. The van der Waals surface area contributed by atoms with Gasteiger partial charge in [-0.15, -0.1) is 12.4 Å². The number of ether oxygens (including phenoxy) is 2. The van der Waals surface area contributed by atoms with Crippen LogP contribution in [0.3, 0.4) is 0 Å². The number of carbonyl (C=O) groups is 2. The number of halogens is 1. The van der Waals surface area contributed by atoms with Crippen molar-refractivity contribution in [1.82, 2.24) is 10.2 Å². The monoisotopic (exact) mass is 397 g/mol. The maximum atomic E-state index is 12.8. The van der Waals surface area contributed by atoms with Crippen molar-refractivity contribution in [3.63, 3.8) is 0 Å². The lowest BCUT2D eigenvalue weighted by Gasteiger charge is -2.21. The van der Waals surface area contributed by atoms with Gasteiger partial charge in [-0.2, -0.15) is 0 Å². The Hall–Kier alpha value is -1.99. The Morgan fingerprint density at radius 1 is 1.19 bits per heavy atom. The van der Waals surface area contributed by atoms with Crippen LogP contribution in [0.4, 0.5) is 5.69 Å². The number of nitrogens with zero attached hydrogens (tertiary/aromatic N) is 2. The third-order valence-corrected chi connectivity index (χ3v) is 5.21. The molecule has 2 aliphatic rings. The Morgan fingerprint density at radius 3 is 2.44 bits per heavy atom. The molecule has 150 valence electrons. The molecule has 8 heteroatoms. The van der Waals surface area contributed by atoms with E-state index in [9.17, 15) is 9.59 Å². The number of nitrogens with one attached hydrogen (secondary N) is 1. The molecule has 27 heavy (non-hydrogen) atoms. The Labute approximate surface area is 166 Å². The van der Waals surface area contributed by atoms with E-state index in [1.807, 2.05) is 11.9 Å². The van der Waals surface area contributed by atoms with Crippen LogP contribution in [0.2, 0.25) is 0 Å². The maximum Gasteiger partial charge on any atom is 0.228 e. The van der Waals surface area contributed by atoms with Crippen molar-refractivity contribution >= 4 is 29.9 Å². The summed E-state index contributed by atoms with van der Waals surface area (Å²) in [6, 6.07) is 5.36. The van der Waals surface area contributed by atoms with Crippen LogP contribution in [0, 0.1) is 11.8 Å². The summed E-state index contributed by atoms with van der Waals surface area (Å²) in [5, 5.41) is 3.17. The Bertz CT molecular complexity index is 663. The van der Waals surface area contributed by atoms with Gasteiger partial charge in [0.25, 0.3) is 0 Å². The van der Waals surface area contributed by atoms with Crippen LogP contribution >= 0.6 is 12.4 Å². The van der Waals surface area contributed by atoms with E-state index in [4.69, 9.17) is 9.47 Å². The molecular formula is C19H28ClN3O4. The lowest BCUT2D eigenvalue weighted by Crippen LogP contribution is -2.36. The summed E-state index contributed by atoms with van der Waals surface area (Å²) >= 11 is 0. The molecule has 2 saturated heterocycles.